The molecular weight excluding hydrogens is 285 g/mol. The van der Waals surface area contributed by atoms with Crippen LogP contribution in [0.25, 0.3) is 6.08 Å². The third-order valence-corrected chi connectivity index (χ3v) is 2.88. The number of hydrogen-bond acceptors (Lipinski definition) is 3. The first-order valence-electron chi connectivity index (χ1n) is 6.45. The van der Waals surface area contributed by atoms with Crippen LogP contribution in [0.3, 0.4) is 0 Å². The number of carbonyl (C=O) groups excluding carboxylic acids is 1. The largest absolute Gasteiger partial charge is 0.289 e. The third-order valence-electron chi connectivity index (χ3n) is 2.88. The zero-order chi connectivity index (χ0) is 15.9. The molecule has 0 saturated carbocycles. The lowest BCUT2D eigenvalue weighted by atomic mass is 10.1. The van der Waals surface area contributed by atoms with Gasteiger partial charge in [0.1, 0.15) is 5.82 Å². The Kier molecular flexibility index (Phi) is 4.93. The van der Waals surface area contributed by atoms with Crippen molar-refractivity contribution in [2.75, 3.05) is 0 Å². The molecule has 0 spiro atoms. The molecular formula is C17H12FNO3. The molecule has 0 radical (unpaired) electrons. The number of rotatable bonds is 5. The minimum absolute atomic E-state index is 0.0270. The van der Waals surface area contributed by atoms with Crippen molar-refractivity contribution in [3.63, 3.8) is 0 Å². The number of nitro groups is 1. The van der Waals surface area contributed by atoms with Crippen LogP contribution in [0.15, 0.2) is 66.8 Å². The SMILES string of the molecule is O=C(/C=C/C=C/c1ccc([N+](=O)[O-])cc1)c1ccc(F)cc1. The van der Waals surface area contributed by atoms with Crippen LogP contribution < -0.4 is 0 Å². The number of carbonyl (C=O) groups is 1. The van der Waals surface area contributed by atoms with Crippen molar-refractivity contribution in [1.82, 2.24) is 0 Å². The van der Waals surface area contributed by atoms with Gasteiger partial charge in [-0.3, -0.25) is 14.9 Å². The molecule has 0 amide bonds. The highest BCUT2D eigenvalue weighted by molar-refractivity contribution is 6.04. The maximum atomic E-state index is 12.7. The summed E-state index contributed by atoms with van der Waals surface area (Å²) in [6, 6.07) is 11.3. The molecule has 0 aliphatic rings. The molecule has 0 saturated heterocycles. The van der Waals surface area contributed by atoms with Gasteiger partial charge in [0, 0.05) is 17.7 Å². The molecule has 5 heteroatoms. The van der Waals surface area contributed by atoms with Gasteiger partial charge >= 0.3 is 0 Å². The van der Waals surface area contributed by atoms with E-state index >= 15 is 0 Å². The van der Waals surface area contributed by atoms with Crippen molar-refractivity contribution in [3.05, 3.63) is 93.8 Å². The van der Waals surface area contributed by atoms with Crippen molar-refractivity contribution in [2.45, 2.75) is 0 Å². The van der Waals surface area contributed by atoms with Gasteiger partial charge in [0.2, 0.25) is 0 Å². The van der Waals surface area contributed by atoms with Gasteiger partial charge in [-0.15, -0.1) is 0 Å². The predicted molar refractivity (Wildman–Crippen MR) is 82.0 cm³/mol. The molecule has 2 aromatic rings. The molecule has 22 heavy (non-hydrogen) atoms. The second-order valence-electron chi connectivity index (χ2n) is 4.44. The van der Waals surface area contributed by atoms with E-state index in [0.29, 0.717) is 5.56 Å². The fraction of sp³-hybridized carbons (Fsp3) is 0. The average molecular weight is 297 g/mol. The summed E-state index contributed by atoms with van der Waals surface area (Å²) in [7, 11) is 0. The topological polar surface area (TPSA) is 60.2 Å². The van der Waals surface area contributed by atoms with Crippen LogP contribution in [0.2, 0.25) is 0 Å². The molecule has 2 rings (SSSR count). The van der Waals surface area contributed by atoms with Gasteiger partial charge < -0.3 is 0 Å². The molecule has 0 aromatic heterocycles. The lowest BCUT2D eigenvalue weighted by molar-refractivity contribution is -0.384. The highest BCUT2D eigenvalue weighted by atomic mass is 19.1. The Bertz CT molecular complexity index is 732. The van der Waals surface area contributed by atoms with E-state index in [1.165, 1.54) is 42.5 Å². The number of benzene rings is 2. The number of ketones is 1. The van der Waals surface area contributed by atoms with Crippen molar-refractivity contribution in [2.24, 2.45) is 0 Å². The minimum Gasteiger partial charge on any atom is -0.289 e. The second-order valence-corrected chi connectivity index (χ2v) is 4.44. The van der Waals surface area contributed by atoms with Gasteiger partial charge in [-0.2, -0.15) is 0 Å². The minimum atomic E-state index is -0.464. The van der Waals surface area contributed by atoms with E-state index in [1.807, 2.05) is 0 Å². The van der Waals surface area contributed by atoms with Crippen LogP contribution in [-0.4, -0.2) is 10.7 Å². The Morgan fingerprint density at radius 2 is 1.64 bits per heavy atom. The standard InChI is InChI=1S/C17H12FNO3/c18-15-9-7-14(8-10-15)17(20)4-2-1-3-13-5-11-16(12-6-13)19(21)22/h1-12H/b3-1+,4-2+. The van der Waals surface area contributed by atoms with Crippen LogP contribution in [0.5, 0.6) is 0 Å². The van der Waals surface area contributed by atoms with Crippen molar-refractivity contribution in [3.8, 4) is 0 Å². The van der Waals surface area contributed by atoms with E-state index < -0.39 is 10.7 Å². The summed E-state index contributed by atoms with van der Waals surface area (Å²) in [5.74, 6) is -0.619. The lowest BCUT2D eigenvalue weighted by Gasteiger charge is -1.94. The normalized spacial score (nSPS) is 11.1. The van der Waals surface area contributed by atoms with E-state index in [1.54, 1.807) is 30.4 Å². The number of allylic oxidation sites excluding steroid dienone is 3. The molecule has 0 N–H and O–H groups in total. The molecule has 0 fully saturated rings. The van der Waals surface area contributed by atoms with Crippen LogP contribution >= 0.6 is 0 Å². The van der Waals surface area contributed by atoms with Crippen LogP contribution in [0.4, 0.5) is 10.1 Å². The van der Waals surface area contributed by atoms with E-state index in [2.05, 4.69) is 0 Å². The Hall–Kier alpha value is -3.08. The zero-order valence-electron chi connectivity index (χ0n) is 11.5. The first-order valence-corrected chi connectivity index (χ1v) is 6.45. The van der Waals surface area contributed by atoms with Gasteiger partial charge in [0.05, 0.1) is 4.92 Å². The van der Waals surface area contributed by atoms with Gasteiger partial charge in [-0.25, -0.2) is 4.39 Å². The summed E-state index contributed by atoms with van der Waals surface area (Å²) in [6.07, 6.45) is 6.31. The van der Waals surface area contributed by atoms with Crippen molar-refractivity contribution in [1.29, 1.82) is 0 Å². The molecule has 0 unspecified atom stereocenters. The summed E-state index contributed by atoms with van der Waals surface area (Å²) < 4.78 is 12.7. The molecule has 2 aromatic carbocycles. The Balaban J connectivity index is 1.97. The third kappa shape index (κ3) is 4.21. The van der Waals surface area contributed by atoms with Crippen molar-refractivity contribution < 1.29 is 14.1 Å². The van der Waals surface area contributed by atoms with Gasteiger partial charge in [0.25, 0.3) is 5.69 Å². The summed E-state index contributed by atoms with van der Waals surface area (Å²) in [4.78, 5) is 21.8. The Labute approximate surface area is 126 Å². The highest BCUT2D eigenvalue weighted by Crippen LogP contribution is 2.12. The van der Waals surface area contributed by atoms with Gasteiger partial charge in [0.15, 0.2) is 5.78 Å². The summed E-state index contributed by atoms with van der Waals surface area (Å²) in [6.45, 7) is 0. The monoisotopic (exact) mass is 297 g/mol. The van der Waals surface area contributed by atoms with E-state index in [0.717, 1.165) is 5.56 Å². The van der Waals surface area contributed by atoms with Gasteiger partial charge in [-0.1, -0.05) is 18.2 Å². The Morgan fingerprint density at radius 3 is 2.23 bits per heavy atom. The molecule has 0 aliphatic carbocycles. The molecule has 4 nitrogen and oxygen atoms in total. The molecule has 0 heterocycles. The summed E-state index contributed by atoms with van der Waals surface area (Å²) >= 11 is 0. The van der Waals surface area contributed by atoms with Crippen molar-refractivity contribution >= 4 is 17.5 Å². The van der Waals surface area contributed by atoms with E-state index in [9.17, 15) is 19.3 Å². The number of hydrogen-bond donors (Lipinski definition) is 0. The van der Waals surface area contributed by atoms with Crippen LogP contribution in [-0.2, 0) is 0 Å². The lowest BCUT2D eigenvalue weighted by Crippen LogP contribution is -1.93. The quantitative estimate of drug-likeness (QED) is 0.273. The number of nitrogens with zero attached hydrogens (tertiary/aromatic N) is 1. The van der Waals surface area contributed by atoms with Crippen LogP contribution in [0, 0.1) is 15.9 Å². The first kappa shape index (κ1) is 15.3. The fourth-order valence-corrected chi connectivity index (χ4v) is 1.73. The summed E-state index contributed by atoms with van der Waals surface area (Å²) in [5.41, 5.74) is 1.21. The number of nitro benzene ring substituents is 1. The predicted octanol–water partition coefficient (Wildman–Crippen LogP) is 4.19. The van der Waals surface area contributed by atoms with E-state index in [4.69, 9.17) is 0 Å². The summed E-state index contributed by atoms with van der Waals surface area (Å²) in [5, 5.41) is 10.5. The maximum Gasteiger partial charge on any atom is 0.269 e. The second kappa shape index (κ2) is 7.08. The molecule has 0 atom stereocenters. The molecule has 110 valence electrons. The zero-order valence-corrected chi connectivity index (χ0v) is 11.5. The molecule has 0 bridgehead atoms. The van der Waals surface area contributed by atoms with Crippen LogP contribution in [0.1, 0.15) is 15.9 Å². The fourth-order valence-electron chi connectivity index (χ4n) is 1.73. The Morgan fingerprint density at radius 1 is 1.00 bits per heavy atom. The molecule has 0 aliphatic heterocycles. The average Bonchev–Trinajstić information content (AvgIpc) is 2.52. The number of non-ortho nitro benzene ring substituents is 1. The maximum absolute atomic E-state index is 12.7. The first-order chi connectivity index (χ1) is 10.6. The highest BCUT2D eigenvalue weighted by Gasteiger charge is 2.02. The van der Waals surface area contributed by atoms with Gasteiger partial charge in [-0.05, 0) is 48.0 Å². The smallest absolute Gasteiger partial charge is 0.269 e. The number of halogens is 1. The van der Waals surface area contributed by atoms with E-state index in [-0.39, 0.29) is 11.5 Å².